The first kappa shape index (κ1) is 18.1. The van der Waals surface area contributed by atoms with E-state index in [1.807, 2.05) is 72.9 Å². The van der Waals surface area contributed by atoms with Gasteiger partial charge < -0.3 is 4.74 Å². The van der Waals surface area contributed by atoms with Crippen molar-refractivity contribution in [2.24, 2.45) is 4.99 Å². The molecule has 5 rings (SSSR count). The lowest BCUT2D eigenvalue weighted by Gasteiger charge is -2.30. The number of allylic oxidation sites excluding steroid dienone is 1. The van der Waals surface area contributed by atoms with Crippen LogP contribution in [0.3, 0.4) is 0 Å². The van der Waals surface area contributed by atoms with E-state index in [1.165, 1.54) is 5.56 Å². The second-order valence-corrected chi connectivity index (χ2v) is 7.23. The normalized spacial score (nSPS) is 15.7. The Morgan fingerprint density at radius 2 is 1.23 bits per heavy atom. The lowest BCUT2D eigenvalue weighted by molar-refractivity contribution is 0.489. The van der Waals surface area contributed by atoms with Gasteiger partial charge in [-0.1, -0.05) is 97.1 Å². The molecule has 0 unspecified atom stereocenters. The van der Waals surface area contributed by atoms with Crippen LogP contribution in [0, 0.1) is 0 Å². The fraction of sp³-hybridized carbons (Fsp3) is 0.0357. The number of hydrogen-bond acceptors (Lipinski definition) is 2. The molecule has 0 saturated carbocycles. The summed E-state index contributed by atoms with van der Waals surface area (Å²) < 4.78 is 6.46. The Morgan fingerprint density at radius 1 is 0.633 bits per heavy atom. The number of hydrogen-bond donors (Lipinski definition) is 0. The van der Waals surface area contributed by atoms with Crippen molar-refractivity contribution < 1.29 is 4.74 Å². The number of fused-ring (bicyclic) bond motifs is 1. The summed E-state index contributed by atoms with van der Waals surface area (Å²) in [6.45, 7) is 0. The summed E-state index contributed by atoms with van der Waals surface area (Å²) in [7, 11) is 0. The molecule has 0 aliphatic carbocycles. The molecule has 144 valence electrons. The van der Waals surface area contributed by atoms with Crippen LogP contribution in [0.2, 0.25) is 0 Å². The van der Waals surface area contributed by atoms with Gasteiger partial charge in [0.15, 0.2) is 0 Å². The molecule has 0 radical (unpaired) electrons. The molecule has 0 N–H and O–H groups in total. The Bertz CT molecular complexity index is 1200. The topological polar surface area (TPSA) is 21.6 Å². The minimum absolute atomic E-state index is 0.0406. The molecule has 1 heterocycles. The molecular formula is C28H21NO. The molecule has 1 aliphatic heterocycles. The van der Waals surface area contributed by atoms with Gasteiger partial charge in [-0.3, -0.25) is 4.99 Å². The van der Waals surface area contributed by atoms with Crippen LogP contribution in [0.25, 0.3) is 5.76 Å². The van der Waals surface area contributed by atoms with E-state index in [4.69, 9.17) is 9.73 Å². The maximum absolute atomic E-state index is 6.46. The predicted molar refractivity (Wildman–Crippen MR) is 123 cm³/mol. The highest BCUT2D eigenvalue weighted by atomic mass is 16.5. The molecule has 1 aliphatic rings. The van der Waals surface area contributed by atoms with E-state index in [-0.39, 0.29) is 5.92 Å². The highest BCUT2D eigenvalue weighted by molar-refractivity contribution is 5.95. The van der Waals surface area contributed by atoms with Crippen molar-refractivity contribution in [3.8, 4) is 5.75 Å². The number of ether oxygens (including phenoxy) is 1. The van der Waals surface area contributed by atoms with Crippen LogP contribution in [-0.2, 0) is 0 Å². The fourth-order valence-electron chi connectivity index (χ4n) is 3.89. The van der Waals surface area contributed by atoms with E-state index in [0.717, 1.165) is 33.9 Å². The molecule has 2 nitrogen and oxygen atoms in total. The first-order valence-corrected chi connectivity index (χ1v) is 10.1. The van der Waals surface area contributed by atoms with E-state index >= 15 is 0 Å². The van der Waals surface area contributed by atoms with E-state index in [9.17, 15) is 0 Å². The lowest BCUT2D eigenvalue weighted by Crippen LogP contribution is -2.17. The number of rotatable bonds is 4. The van der Waals surface area contributed by atoms with Gasteiger partial charge in [0.25, 0.3) is 0 Å². The molecule has 4 aromatic carbocycles. The van der Waals surface area contributed by atoms with Crippen molar-refractivity contribution in [3.63, 3.8) is 0 Å². The van der Waals surface area contributed by atoms with Crippen LogP contribution in [0.15, 0.2) is 126 Å². The quantitative estimate of drug-likeness (QED) is 0.345. The van der Waals surface area contributed by atoms with Gasteiger partial charge in [-0.15, -0.1) is 0 Å². The van der Waals surface area contributed by atoms with Crippen LogP contribution in [0.1, 0.15) is 22.6 Å². The Kier molecular flexibility index (Phi) is 4.97. The summed E-state index contributed by atoms with van der Waals surface area (Å²) >= 11 is 0. The van der Waals surface area contributed by atoms with Gasteiger partial charge in [-0.05, 0) is 23.8 Å². The van der Waals surface area contributed by atoms with Crippen LogP contribution in [0.4, 0.5) is 5.69 Å². The summed E-state index contributed by atoms with van der Waals surface area (Å²) in [6.07, 6.45) is 1.96. The van der Waals surface area contributed by atoms with E-state index in [2.05, 4.69) is 48.5 Å². The highest BCUT2D eigenvalue weighted by Gasteiger charge is 2.30. The summed E-state index contributed by atoms with van der Waals surface area (Å²) in [4.78, 5) is 4.79. The molecule has 0 aromatic heterocycles. The van der Waals surface area contributed by atoms with E-state index < -0.39 is 0 Å². The Labute approximate surface area is 176 Å². The van der Waals surface area contributed by atoms with E-state index in [1.54, 1.807) is 0 Å². The van der Waals surface area contributed by atoms with Crippen molar-refractivity contribution in [1.29, 1.82) is 0 Å². The summed E-state index contributed by atoms with van der Waals surface area (Å²) in [6, 6.07) is 39.1. The van der Waals surface area contributed by atoms with Gasteiger partial charge >= 0.3 is 0 Å². The first-order chi connectivity index (χ1) is 14.9. The average Bonchev–Trinajstić information content (AvgIpc) is 2.83. The Morgan fingerprint density at radius 3 is 1.97 bits per heavy atom. The van der Waals surface area contributed by atoms with Gasteiger partial charge in [-0.2, -0.15) is 0 Å². The SMILES string of the molecule is C(=Nc1ccccc1)C1=C(c2ccccc2)Oc2ccccc2[C@@H]1c1ccccc1. The van der Waals surface area contributed by atoms with Crippen LogP contribution in [0.5, 0.6) is 5.75 Å². The summed E-state index contributed by atoms with van der Waals surface area (Å²) in [5.74, 6) is 1.78. The molecule has 0 fully saturated rings. The third-order valence-corrected chi connectivity index (χ3v) is 5.29. The average molecular weight is 387 g/mol. The number of aliphatic imine (C=N–C) groups is 1. The molecule has 2 heteroatoms. The molecule has 1 atom stereocenters. The van der Waals surface area contributed by atoms with Gasteiger partial charge in [-0.25, -0.2) is 0 Å². The number of para-hydroxylation sites is 2. The zero-order chi connectivity index (χ0) is 20.2. The monoisotopic (exact) mass is 387 g/mol. The standard InChI is InChI=1S/C28H21NO/c1-4-12-21(13-5-1)27-24-18-10-11-19-26(24)30-28(22-14-6-2-7-15-22)25(27)20-29-23-16-8-3-9-17-23/h1-20,27H/t27-/m0/s1. The number of nitrogens with zero attached hydrogens (tertiary/aromatic N) is 1. The fourth-order valence-corrected chi connectivity index (χ4v) is 3.89. The third kappa shape index (κ3) is 3.56. The second-order valence-electron chi connectivity index (χ2n) is 7.23. The van der Waals surface area contributed by atoms with E-state index in [0.29, 0.717) is 0 Å². The second kappa shape index (κ2) is 8.22. The van der Waals surface area contributed by atoms with Gasteiger partial charge in [0.05, 0.1) is 5.69 Å². The van der Waals surface area contributed by atoms with Crippen LogP contribution < -0.4 is 4.74 Å². The summed E-state index contributed by atoms with van der Waals surface area (Å²) in [5.41, 5.74) is 5.38. The zero-order valence-corrected chi connectivity index (χ0v) is 16.5. The maximum atomic E-state index is 6.46. The maximum Gasteiger partial charge on any atom is 0.140 e. The minimum Gasteiger partial charge on any atom is -0.456 e. The Hall–Kier alpha value is -3.91. The molecular weight excluding hydrogens is 366 g/mol. The van der Waals surface area contributed by atoms with Gasteiger partial charge in [0, 0.05) is 28.8 Å². The number of benzene rings is 4. The molecule has 0 bridgehead atoms. The van der Waals surface area contributed by atoms with Crippen LogP contribution >= 0.6 is 0 Å². The lowest BCUT2D eigenvalue weighted by atomic mass is 9.81. The zero-order valence-electron chi connectivity index (χ0n) is 16.5. The van der Waals surface area contributed by atoms with Gasteiger partial charge in [0.2, 0.25) is 0 Å². The third-order valence-electron chi connectivity index (χ3n) is 5.29. The van der Waals surface area contributed by atoms with Gasteiger partial charge in [0.1, 0.15) is 11.5 Å². The van der Waals surface area contributed by atoms with Crippen molar-refractivity contribution in [2.45, 2.75) is 5.92 Å². The molecule has 4 aromatic rings. The molecule has 0 amide bonds. The van der Waals surface area contributed by atoms with Crippen molar-refractivity contribution in [3.05, 3.63) is 138 Å². The molecule has 0 spiro atoms. The summed E-state index contributed by atoms with van der Waals surface area (Å²) in [5, 5.41) is 0. The predicted octanol–water partition coefficient (Wildman–Crippen LogP) is 7.02. The first-order valence-electron chi connectivity index (χ1n) is 10.1. The largest absolute Gasteiger partial charge is 0.456 e. The minimum atomic E-state index is 0.0406. The molecule has 0 saturated heterocycles. The smallest absolute Gasteiger partial charge is 0.140 e. The van der Waals surface area contributed by atoms with Crippen molar-refractivity contribution in [1.82, 2.24) is 0 Å². The van der Waals surface area contributed by atoms with Crippen molar-refractivity contribution >= 4 is 17.7 Å². The van der Waals surface area contributed by atoms with Crippen molar-refractivity contribution in [2.75, 3.05) is 0 Å². The highest BCUT2D eigenvalue weighted by Crippen LogP contribution is 2.45. The Balaban J connectivity index is 1.73. The molecule has 30 heavy (non-hydrogen) atoms. The van der Waals surface area contributed by atoms with Crippen LogP contribution in [-0.4, -0.2) is 6.21 Å².